The van der Waals surface area contributed by atoms with Gasteiger partial charge in [0.25, 0.3) is 11.8 Å². The average Bonchev–Trinajstić information content (AvgIpc) is 2.98. The molecule has 8 heteroatoms. The number of imide groups is 1. The van der Waals surface area contributed by atoms with Gasteiger partial charge in [-0.25, -0.2) is 9.69 Å². The van der Waals surface area contributed by atoms with E-state index in [2.05, 4.69) is 5.32 Å². The lowest BCUT2D eigenvalue weighted by Gasteiger charge is -2.16. The topological polar surface area (TPSA) is 84.9 Å². The van der Waals surface area contributed by atoms with Gasteiger partial charge in [-0.3, -0.25) is 9.59 Å². The SMILES string of the molecule is CCCCOC(=O)c1ccc(N2C(=O)C(Cl)=C(Nc3ccccc3OCC)C2=O)cc1. The molecule has 2 aromatic carbocycles. The molecule has 7 nitrogen and oxygen atoms in total. The summed E-state index contributed by atoms with van der Waals surface area (Å²) in [6.07, 6.45) is 1.71. The van der Waals surface area contributed by atoms with E-state index >= 15 is 0 Å². The lowest BCUT2D eigenvalue weighted by Crippen LogP contribution is -2.32. The number of amides is 2. The van der Waals surface area contributed by atoms with Crippen molar-refractivity contribution in [3.63, 3.8) is 0 Å². The van der Waals surface area contributed by atoms with Gasteiger partial charge in [-0.1, -0.05) is 37.1 Å². The van der Waals surface area contributed by atoms with Gasteiger partial charge in [-0.05, 0) is 49.7 Å². The molecule has 1 heterocycles. The summed E-state index contributed by atoms with van der Waals surface area (Å²) in [5.74, 6) is -1.17. The van der Waals surface area contributed by atoms with Crippen LogP contribution in [0.1, 0.15) is 37.0 Å². The number of halogens is 1. The molecular weight excluding hydrogens is 420 g/mol. The number of nitrogens with one attached hydrogen (secondary N) is 1. The molecule has 0 unspecified atom stereocenters. The fraction of sp³-hybridized carbons (Fsp3) is 0.261. The smallest absolute Gasteiger partial charge is 0.338 e. The Balaban J connectivity index is 1.77. The zero-order valence-electron chi connectivity index (χ0n) is 17.3. The average molecular weight is 443 g/mol. The first-order valence-electron chi connectivity index (χ1n) is 10.0. The number of unbranched alkanes of at least 4 members (excludes halogenated alkanes) is 1. The second-order valence-corrected chi connectivity index (χ2v) is 7.10. The Kier molecular flexibility index (Phi) is 7.31. The molecule has 1 aliphatic heterocycles. The molecule has 2 aromatic rings. The lowest BCUT2D eigenvalue weighted by atomic mass is 10.2. The maximum absolute atomic E-state index is 13.0. The van der Waals surface area contributed by atoms with E-state index in [9.17, 15) is 14.4 Å². The van der Waals surface area contributed by atoms with Crippen molar-refractivity contribution in [3.8, 4) is 5.75 Å². The first-order valence-corrected chi connectivity index (χ1v) is 10.4. The van der Waals surface area contributed by atoms with Crippen LogP contribution in [0.2, 0.25) is 0 Å². The number of benzene rings is 2. The quantitative estimate of drug-likeness (QED) is 0.350. The highest BCUT2D eigenvalue weighted by atomic mass is 35.5. The van der Waals surface area contributed by atoms with Crippen molar-refractivity contribution < 1.29 is 23.9 Å². The number of esters is 1. The molecule has 0 fully saturated rings. The Labute approximate surface area is 185 Å². The Morgan fingerprint density at radius 2 is 1.74 bits per heavy atom. The third-order valence-corrected chi connectivity index (χ3v) is 4.92. The van der Waals surface area contributed by atoms with Gasteiger partial charge in [0.2, 0.25) is 0 Å². The summed E-state index contributed by atoms with van der Waals surface area (Å²) < 4.78 is 10.7. The van der Waals surface area contributed by atoms with Crippen LogP contribution in [-0.2, 0) is 14.3 Å². The van der Waals surface area contributed by atoms with Gasteiger partial charge in [0.1, 0.15) is 16.5 Å². The third-order valence-electron chi connectivity index (χ3n) is 4.57. The summed E-state index contributed by atoms with van der Waals surface area (Å²) in [7, 11) is 0. The van der Waals surface area contributed by atoms with Crippen LogP contribution in [-0.4, -0.2) is 31.0 Å². The second-order valence-electron chi connectivity index (χ2n) is 6.73. The van der Waals surface area contributed by atoms with Crippen LogP contribution in [0.25, 0.3) is 0 Å². The molecule has 0 spiro atoms. The lowest BCUT2D eigenvalue weighted by molar-refractivity contribution is -0.120. The number of hydrogen-bond acceptors (Lipinski definition) is 6. The highest BCUT2D eigenvalue weighted by molar-refractivity contribution is 6.53. The van der Waals surface area contributed by atoms with Crippen molar-refractivity contribution in [1.29, 1.82) is 0 Å². The van der Waals surface area contributed by atoms with Gasteiger partial charge in [0.05, 0.1) is 30.2 Å². The highest BCUT2D eigenvalue weighted by Crippen LogP contribution is 2.33. The van der Waals surface area contributed by atoms with E-state index in [1.807, 2.05) is 13.8 Å². The number of nitrogens with zero attached hydrogens (tertiary/aromatic N) is 1. The fourth-order valence-electron chi connectivity index (χ4n) is 2.97. The first kappa shape index (κ1) is 22.4. The minimum absolute atomic E-state index is 0.0399. The van der Waals surface area contributed by atoms with Crippen molar-refractivity contribution in [2.75, 3.05) is 23.4 Å². The fourth-order valence-corrected chi connectivity index (χ4v) is 3.18. The van der Waals surface area contributed by atoms with Gasteiger partial charge in [0.15, 0.2) is 0 Å². The number of anilines is 2. The van der Waals surface area contributed by atoms with Crippen LogP contribution in [0.5, 0.6) is 5.75 Å². The van der Waals surface area contributed by atoms with Gasteiger partial charge in [0, 0.05) is 0 Å². The summed E-state index contributed by atoms with van der Waals surface area (Å²) in [5, 5.41) is 2.70. The van der Waals surface area contributed by atoms with Crippen LogP contribution in [0, 0.1) is 0 Å². The van der Waals surface area contributed by atoms with Crippen molar-refractivity contribution >= 4 is 40.8 Å². The van der Waals surface area contributed by atoms with Crippen LogP contribution in [0.3, 0.4) is 0 Å². The van der Waals surface area contributed by atoms with Gasteiger partial charge >= 0.3 is 5.97 Å². The minimum atomic E-state index is -0.652. The summed E-state index contributed by atoms with van der Waals surface area (Å²) in [6, 6.07) is 13.1. The predicted molar refractivity (Wildman–Crippen MR) is 118 cm³/mol. The Hall–Kier alpha value is -3.32. The van der Waals surface area contributed by atoms with Crippen LogP contribution < -0.4 is 15.0 Å². The molecule has 1 aliphatic rings. The van der Waals surface area contributed by atoms with E-state index < -0.39 is 17.8 Å². The number of carbonyl (C=O) groups is 3. The molecule has 0 saturated carbocycles. The number of carbonyl (C=O) groups excluding carboxylic acids is 3. The minimum Gasteiger partial charge on any atom is -0.492 e. The van der Waals surface area contributed by atoms with Crippen molar-refractivity contribution in [1.82, 2.24) is 0 Å². The first-order chi connectivity index (χ1) is 15.0. The molecule has 0 aliphatic carbocycles. The Bertz CT molecular complexity index is 1020. The molecular formula is C23H23ClN2O5. The van der Waals surface area contributed by atoms with Crippen molar-refractivity contribution in [3.05, 3.63) is 64.8 Å². The number of rotatable bonds is 9. The molecule has 0 aromatic heterocycles. The molecule has 0 bridgehead atoms. The molecule has 3 rings (SSSR count). The third kappa shape index (κ3) is 4.88. The summed E-state index contributed by atoms with van der Waals surface area (Å²) in [4.78, 5) is 38.6. The Morgan fingerprint density at radius 3 is 2.42 bits per heavy atom. The summed E-state index contributed by atoms with van der Waals surface area (Å²) >= 11 is 6.19. The molecule has 31 heavy (non-hydrogen) atoms. The number of ether oxygens (including phenoxy) is 2. The van der Waals surface area contributed by atoms with E-state index in [1.165, 1.54) is 24.3 Å². The standard InChI is InChI=1S/C23H23ClN2O5/c1-3-5-14-31-23(29)15-10-12-16(13-11-15)26-21(27)19(24)20(22(26)28)25-17-8-6-7-9-18(17)30-4-2/h6-13,25H,3-5,14H2,1-2H3. The van der Waals surface area contributed by atoms with Crippen LogP contribution in [0.4, 0.5) is 11.4 Å². The number of para-hydroxylation sites is 2. The van der Waals surface area contributed by atoms with E-state index in [0.717, 1.165) is 17.7 Å². The predicted octanol–water partition coefficient (Wildman–Crippen LogP) is 4.48. The Morgan fingerprint density at radius 1 is 1.03 bits per heavy atom. The van der Waals surface area contributed by atoms with E-state index in [0.29, 0.717) is 35.9 Å². The molecule has 2 amide bonds. The van der Waals surface area contributed by atoms with E-state index in [1.54, 1.807) is 24.3 Å². The highest BCUT2D eigenvalue weighted by Gasteiger charge is 2.39. The van der Waals surface area contributed by atoms with Gasteiger partial charge in [-0.2, -0.15) is 0 Å². The summed E-state index contributed by atoms with van der Waals surface area (Å²) in [6.45, 7) is 4.64. The zero-order valence-corrected chi connectivity index (χ0v) is 18.1. The van der Waals surface area contributed by atoms with Crippen LogP contribution in [0.15, 0.2) is 59.3 Å². The second kappa shape index (κ2) is 10.1. The number of hydrogen-bond donors (Lipinski definition) is 1. The normalized spacial score (nSPS) is 13.6. The molecule has 1 N–H and O–H groups in total. The molecule has 162 valence electrons. The van der Waals surface area contributed by atoms with Crippen molar-refractivity contribution in [2.24, 2.45) is 0 Å². The molecule has 0 saturated heterocycles. The molecule has 0 atom stereocenters. The monoisotopic (exact) mass is 442 g/mol. The van der Waals surface area contributed by atoms with Gasteiger partial charge < -0.3 is 14.8 Å². The zero-order chi connectivity index (χ0) is 22.4. The van der Waals surface area contributed by atoms with E-state index in [4.69, 9.17) is 21.1 Å². The molecule has 0 radical (unpaired) electrons. The van der Waals surface area contributed by atoms with Crippen LogP contribution >= 0.6 is 11.6 Å². The van der Waals surface area contributed by atoms with E-state index in [-0.39, 0.29) is 10.7 Å². The maximum Gasteiger partial charge on any atom is 0.338 e. The largest absolute Gasteiger partial charge is 0.492 e. The maximum atomic E-state index is 13.0. The van der Waals surface area contributed by atoms with Gasteiger partial charge in [-0.15, -0.1) is 0 Å². The van der Waals surface area contributed by atoms with Crippen molar-refractivity contribution in [2.45, 2.75) is 26.7 Å². The summed E-state index contributed by atoms with van der Waals surface area (Å²) in [5.41, 5.74) is 1.11.